The summed E-state index contributed by atoms with van der Waals surface area (Å²) in [6, 6.07) is 18.9. The van der Waals surface area contributed by atoms with E-state index in [1.165, 1.54) is 4.90 Å². The van der Waals surface area contributed by atoms with Crippen molar-refractivity contribution >= 4 is 46.3 Å². The van der Waals surface area contributed by atoms with Gasteiger partial charge in [0.1, 0.15) is 23.5 Å². The quantitative estimate of drug-likeness (QED) is 0.103. The highest BCUT2D eigenvalue weighted by Crippen LogP contribution is 2.32. The molecule has 2 aromatic carbocycles. The molecule has 7 rings (SSSR count). The smallest absolute Gasteiger partial charge is 0.274 e. The van der Waals surface area contributed by atoms with Crippen LogP contribution in [0.4, 0.5) is 11.4 Å². The zero-order chi connectivity index (χ0) is 44.8. The summed E-state index contributed by atoms with van der Waals surface area (Å²) in [5, 5.41) is 26.6. The van der Waals surface area contributed by atoms with Crippen LogP contribution in [-0.4, -0.2) is 123 Å². The molecule has 2 saturated heterocycles. The Morgan fingerprint density at radius 3 is 2.43 bits per heavy atom. The number of aryl methyl sites for hydroxylation is 2. The Balaban J connectivity index is 0.888. The van der Waals surface area contributed by atoms with Crippen LogP contribution in [0.5, 0.6) is 5.75 Å². The summed E-state index contributed by atoms with van der Waals surface area (Å²) >= 11 is 1.58. The Labute approximate surface area is 371 Å². The lowest BCUT2D eigenvalue weighted by Gasteiger charge is -2.37. The van der Waals surface area contributed by atoms with Crippen LogP contribution in [0, 0.1) is 19.3 Å². The van der Waals surface area contributed by atoms with E-state index in [1.54, 1.807) is 30.6 Å². The minimum Gasteiger partial charge on any atom is -0.494 e. The lowest BCUT2D eigenvalue weighted by Crippen LogP contribution is -2.58. The summed E-state index contributed by atoms with van der Waals surface area (Å²) in [4.78, 5) is 70.1. The molecule has 0 saturated carbocycles. The number of nitrogens with one attached hydrogen (secondary N) is 4. The second-order valence-electron chi connectivity index (χ2n) is 17.2. The molecule has 2 fully saturated rings. The van der Waals surface area contributed by atoms with E-state index in [4.69, 9.17) is 4.74 Å². The molecule has 0 spiro atoms. The minimum atomic E-state index is -0.902. The van der Waals surface area contributed by atoms with Crippen molar-refractivity contribution in [1.82, 2.24) is 40.6 Å². The molecular formula is C46H56N10O6S. The predicted molar refractivity (Wildman–Crippen MR) is 242 cm³/mol. The first-order chi connectivity index (χ1) is 30.2. The van der Waals surface area contributed by atoms with Gasteiger partial charge in [-0.2, -0.15) is 5.10 Å². The van der Waals surface area contributed by atoms with Crippen LogP contribution in [0.1, 0.15) is 61.1 Å². The Morgan fingerprint density at radius 1 is 1.00 bits per heavy atom. The van der Waals surface area contributed by atoms with Gasteiger partial charge in [-0.25, -0.2) is 9.97 Å². The standard InChI is InChI=1S/C46H56N10O6S/c1-28-22-37(53-52-28)34-8-7-9-36(49-34)43(59)50-35-15-14-32(23-39(35)62-6)55-20-18-54(19-21-55)17-16-40(58)51-42(46(3,4)5)45(61)56-26-33(57)24-38(56)44(60)47-25-30-10-12-31(13-11-30)41-29(2)48-27-63-41/h7-15,22-23,27,33,38,42,57H,16-21,24-26H2,1-6H3,(H,47,60)(H,50,59)(H,51,58)(H,52,53)/t33-,38+,42-/m1/s1. The van der Waals surface area contributed by atoms with Crippen molar-refractivity contribution in [2.45, 2.75) is 72.2 Å². The lowest BCUT2D eigenvalue weighted by atomic mass is 9.85. The fraction of sp³-hybridized carbons (Fsp3) is 0.413. The summed E-state index contributed by atoms with van der Waals surface area (Å²) in [7, 11) is 1.56. The van der Waals surface area contributed by atoms with E-state index in [9.17, 15) is 24.3 Å². The van der Waals surface area contributed by atoms with E-state index in [1.807, 2.05) is 94.7 Å². The SMILES string of the molecule is COc1cc(N2CCN(CCC(=O)N[C@H](C(=O)N3C[C@H](O)C[C@H]3C(=O)NCc3ccc(-c4scnc4C)cc3)C(C)(C)C)CC2)ccc1NC(=O)c1cccc(-c2cc(C)n[nH]2)n1. The van der Waals surface area contributed by atoms with Crippen molar-refractivity contribution in [2.24, 2.45) is 5.41 Å². The number of amides is 4. The van der Waals surface area contributed by atoms with E-state index in [0.717, 1.165) is 38.8 Å². The molecule has 16 nitrogen and oxygen atoms in total. The summed E-state index contributed by atoms with van der Waals surface area (Å²) in [6.45, 7) is 13.1. The first-order valence-electron chi connectivity index (χ1n) is 21.2. The molecule has 3 aromatic heterocycles. The van der Waals surface area contributed by atoms with Gasteiger partial charge in [0.15, 0.2) is 0 Å². The van der Waals surface area contributed by atoms with Gasteiger partial charge in [0.25, 0.3) is 5.91 Å². The van der Waals surface area contributed by atoms with Crippen LogP contribution >= 0.6 is 11.3 Å². The highest BCUT2D eigenvalue weighted by Gasteiger charge is 2.44. The van der Waals surface area contributed by atoms with E-state index < -0.39 is 29.5 Å². The van der Waals surface area contributed by atoms with Crippen LogP contribution < -0.4 is 25.6 Å². The van der Waals surface area contributed by atoms with Crippen LogP contribution in [0.3, 0.4) is 0 Å². The molecule has 17 heteroatoms. The highest BCUT2D eigenvalue weighted by molar-refractivity contribution is 7.13. The molecule has 63 heavy (non-hydrogen) atoms. The number of β-amino-alcohol motifs (C(OH)–C–C–N with tert-alkyl or cyclic N) is 1. The maximum atomic E-state index is 14.1. The second kappa shape index (κ2) is 19.5. The summed E-state index contributed by atoms with van der Waals surface area (Å²) in [5.41, 5.74) is 7.97. The maximum Gasteiger partial charge on any atom is 0.274 e. The zero-order valence-electron chi connectivity index (χ0n) is 36.6. The third kappa shape index (κ3) is 10.9. The molecule has 3 atom stereocenters. The molecule has 2 aliphatic heterocycles. The predicted octanol–water partition coefficient (Wildman–Crippen LogP) is 4.79. The van der Waals surface area contributed by atoms with Crippen molar-refractivity contribution < 1.29 is 29.0 Å². The average Bonchev–Trinajstić information content (AvgIpc) is 4.03. The van der Waals surface area contributed by atoms with E-state index in [0.29, 0.717) is 49.9 Å². The number of ether oxygens (including phenoxy) is 1. The number of aliphatic hydroxyl groups excluding tert-OH is 1. The molecule has 0 unspecified atom stereocenters. The number of H-pyrrole nitrogens is 1. The Morgan fingerprint density at radius 2 is 1.76 bits per heavy atom. The van der Waals surface area contributed by atoms with Crippen molar-refractivity contribution in [3.05, 3.63) is 94.9 Å². The van der Waals surface area contributed by atoms with Gasteiger partial charge in [0.05, 0.1) is 52.1 Å². The van der Waals surface area contributed by atoms with Crippen LogP contribution in [-0.2, 0) is 20.9 Å². The maximum absolute atomic E-state index is 14.1. The highest BCUT2D eigenvalue weighted by atomic mass is 32.1. The average molecular weight is 877 g/mol. The Hall–Kier alpha value is -6.17. The van der Waals surface area contributed by atoms with Gasteiger partial charge in [-0.1, -0.05) is 51.1 Å². The van der Waals surface area contributed by atoms with Crippen LogP contribution in [0.2, 0.25) is 0 Å². The van der Waals surface area contributed by atoms with Crippen molar-refractivity contribution in [3.63, 3.8) is 0 Å². The molecule has 2 aliphatic rings. The number of carbonyl (C=O) groups is 4. The number of nitrogens with zero attached hydrogens (tertiary/aromatic N) is 6. The molecular weight excluding hydrogens is 821 g/mol. The Kier molecular flexibility index (Phi) is 13.9. The van der Waals surface area contributed by atoms with E-state index >= 15 is 0 Å². The molecule has 0 radical (unpaired) electrons. The third-order valence-corrected chi connectivity index (χ3v) is 12.5. The number of thiazole rings is 1. The van der Waals surface area contributed by atoms with Gasteiger partial charge < -0.3 is 35.6 Å². The molecule has 5 heterocycles. The fourth-order valence-corrected chi connectivity index (χ4v) is 8.74. The van der Waals surface area contributed by atoms with Gasteiger partial charge in [-0.3, -0.25) is 29.2 Å². The monoisotopic (exact) mass is 876 g/mol. The number of hydrogen-bond donors (Lipinski definition) is 5. The summed E-state index contributed by atoms with van der Waals surface area (Å²) < 4.78 is 5.68. The Bertz CT molecular complexity index is 2420. The topological polar surface area (TPSA) is 198 Å². The zero-order valence-corrected chi connectivity index (χ0v) is 37.4. The van der Waals surface area contributed by atoms with Crippen LogP contribution in [0.15, 0.2) is 72.2 Å². The van der Waals surface area contributed by atoms with Gasteiger partial charge in [-0.15, -0.1) is 11.3 Å². The van der Waals surface area contributed by atoms with Gasteiger partial charge in [-0.05, 0) is 60.7 Å². The number of likely N-dealkylation sites (tertiary alicyclic amines) is 1. The number of aromatic amines is 1. The van der Waals surface area contributed by atoms with Crippen molar-refractivity contribution in [3.8, 4) is 27.6 Å². The molecule has 0 bridgehead atoms. The number of aliphatic hydroxyl groups is 1. The minimum absolute atomic E-state index is 0.00871. The molecule has 4 amide bonds. The normalized spacial score (nSPS) is 17.3. The first kappa shape index (κ1) is 44.9. The van der Waals surface area contributed by atoms with Gasteiger partial charge in [0.2, 0.25) is 17.7 Å². The number of pyridine rings is 1. The first-order valence-corrected chi connectivity index (χ1v) is 22.1. The summed E-state index contributed by atoms with van der Waals surface area (Å²) in [5.74, 6) is -0.851. The largest absolute Gasteiger partial charge is 0.494 e. The van der Waals surface area contributed by atoms with Crippen LogP contribution in [0.25, 0.3) is 21.8 Å². The summed E-state index contributed by atoms with van der Waals surface area (Å²) in [6.07, 6.45) is -0.549. The fourth-order valence-electron chi connectivity index (χ4n) is 7.93. The number of rotatable bonds is 14. The van der Waals surface area contributed by atoms with Crippen molar-refractivity contribution in [1.29, 1.82) is 0 Å². The third-order valence-electron chi connectivity index (χ3n) is 11.5. The van der Waals surface area contributed by atoms with Gasteiger partial charge in [0, 0.05) is 70.4 Å². The molecule has 332 valence electrons. The lowest BCUT2D eigenvalue weighted by molar-refractivity contribution is -0.144. The number of anilines is 2. The molecule has 5 aromatic rings. The second-order valence-corrected chi connectivity index (χ2v) is 18.0. The molecule has 0 aliphatic carbocycles. The number of methoxy groups -OCH3 is 1. The number of piperazine rings is 1. The van der Waals surface area contributed by atoms with Gasteiger partial charge >= 0.3 is 0 Å². The number of hydrogen-bond acceptors (Lipinski definition) is 12. The number of benzene rings is 2. The number of aromatic nitrogens is 4. The molecule has 5 N–H and O–H groups in total. The van der Waals surface area contributed by atoms with E-state index in [-0.39, 0.29) is 49.3 Å². The number of carbonyl (C=O) groups excluding carboxylic acids is 4. The van der Waals surface area contributed by atoms with E-state index in [2.05, 4.69) is 45.9 Å². The van der Waals surface area contributed by atoms with Crippen molar-refractivity contribution in [2.75, 3.05) is 56.6 Å².